The van der Waals surface area contributed by atoms with Crippen LogP contribution >= 0.6 is 46.7 Å². The minimum absolute atomic E-state index is 0.644. The van der Waals surface area contributed by atoms with Gasteiger partial charge in [-0.3, -0.25) is 4.99 Å². The van der Waals surface area contributed by atoms with Crippen LogP contribution in [0.5, 0.6) is 0 Å². The molecule has 0 heterocycles. The molecule has 2 N–H and O–H groups in total. The summed E-state index contributed by atoms with van der Waals surface area (Å²) in [6.07, 6.45) is 0. The van der Waals surface area contributed by atoms with Crippen LogP contribution < -0.4 is 5.73 Å². The zero-order valence-electron chi connectivity index (χ0n) is 9.45. The molecule has 0 bridgehead atoms. The Kier molecular flexibility index (Phi) is 7.19. The van der Waals surface area contributed by atoms with Crippen LogP contribution in [-0.4, -0.2) is 23.2 Å². The number of aliphatic imine (C=N–C) groups is 1. The first kappa shape index (κ1) is 15.0. The third kappa shape index (κ3) is 5.91. The van der Waals surface area contributed by atoms with Gasteiger partial charge >= 0.3 is 0 Å². The predicted octanol–water partition coefficient (Wildman–Crippen LogP) is 4.15. The van der Waals surface area contributed by atoms with Crippen LogP contribution in [0.4, 0.5) is 0 Å². The summed E-state index contributed by atoms with van der Waals surface area (Å²) < 4.78 is 0. The Morgan fingerprint density at radius 2 is 2.12 bits per heavy atom. The van der Waals surface area contributed by atoms with Gasteiger partial charge in [0.05, 0.1) is 5.02 Å². The summed E-state index contributed by atoms with van der Waals surface area (Å²) in [5.74, 6) is 1.83. The van der Waals surface area contributed by atoms with Crippen molar-refractivity contribution in [3.8, 4) is 0 Å². The normalized spacial score (nSPS) is 11.8. The van der Waals surface area contributed by atoms with Crippen molar-refractivity contribution < 1.29 is 0 Å². The van der Waals surface area contributed by atoms with Gasteiger partial charge in [-0.1, -0.05) is 35.0 Å². The molecule has 0 aromatic heterocycles. The number of hydrogen-bond acceptors (Lipinski definition) is 3. The highest BCUT2D eigenvalue weighted by molar-refractivity contribution is 8.14. The smallest absolute Gasteiger partial charge is 0.153 e. The van der Waals surface area contributed by atoms with Crippen molar-refractivity contribution in [2.45, 2.75) is 11.8 Å². The number of amidine groups is 1. The molecule has 1 aromatic rings. The highest BCUT2D eigenvalue weighted by Crippen LogP contribution is 2.30. The Morgan fingerprint density at radius 3 is 2.82 bits per heavy atom. The summed E-state index contributed by atoms with van der Waals surface area (Å²) in [7, 11) is 0. The molecular weight excluding hydrogens is 295 g/mol. The van der Waals surface area contributed by atoms with E-state index in [1.807, 2.05) is 19.1 Å². The molecular formula is C11H14Cl2N2S2. The lowest BCUT2D eigenvalue weighted by Crippen LogP contribution is -2.08. The molecule has 0 amide bonds. The maximum absolute atomic E-state index is 6.05. The fourth-order valence-electron chi connectivity index (χ4n) is 1.09. The summed E-state index contributed by atoms with van der Waals surface area (Å²) in [6, 6.07) is 5.48. The lowest BCUT2D eigenvalue weighted by molar-refractivity contribution is 1.13. The Hall–Kier alpha value is -0.0300. The van der Waals surface area contributed by atoms with E-state index in [4.69, 9.17) is 28.9 Å². The van der Waals surface area contributed by atoms with E-state index in [1.165, 1.54) is 0 Å². The molecule has 0 unspecified atom stereocenters. The molecule has 0 aliphatic heterocycles. The third-order valence-corrected chi connectivity index (χ3v) is 4.62. The van der Waals surface area contributed by atoms with E-state index in [0.717, 1.165) is 28.0 Å². The van der Waals surface area contributed by atoms with Crippen molar-refractivity contribution in [1.29, 1.82) is 0 Å². The van der Waals surface area contributed by atoms with E-state index < -0.39 is 0 Å². The van der Waals surface area contributed by atoms with Crippen LogP contribution in [0, 0.1) is 0 Å². The molecule has 6 heteroatoms. The van der Waals surface area contributed by atoms with Crippen LogP contribution in [0.15, 0.2) is 28.1 Å². The van der Waals surface area contributed by atoms with E-state index in [1.54, 1.807) is 29.6 Å². The number of nitrogens with two attached hydrogens (primary N) is 1. The molecule has 2 nitrogen and oxygen atoms in total. The average Bonchev–Trinajstić information content (AvgIpc) is 2.29. The Balaban J connectivity index is 2.36. The lowest BCUT2D eigenvalue weighted by Gasteiger charge is -2.04. The van der Waals surface area contributed by atoms with E-state index in [0.29, 0.717) is 10.2 Å². The van der Waals surface area contributed by atoms with Crippen molar-refractivity contribution in [2.75, 3.05) is 18.1 Å². The Morgan fingerprint density at radius 1 is 1.35 bits per heavy atom. The van der Waals surface area contributed by atoms with Gasteiger partial charge in [0.1, 0.15) is 0 Å². The van der Waals surface area contributed by atoms with Crippen LogP contribution in [0.3, 0.4) is 0 Å². The number of rotatable bonds is 5. The minimum Gasteiger partial charge on any atom is -0.379 e. The van der Waals surface area contributed by atoms with Gasteiger partial charge in [0.2, 0.25) is 0 Å². The second-order valence-electron chi connectivity index (χ2n) is 3.08. The monoisotopic (exact) mass is 308 g/mol. The summed E-state index contributed by atoms with van der Waals surface area (Å²) in [6.45, 7) is 2.69. The van der Waals surface area contributed by atoms with Crippen LogP contribution in [0.2, 0.25) is 10.0 Å². The van der Waals surface area contributed by atoms with Gasteiger partial charge in [0.25, 0.3) is 0 Å². The molecule has 0 saturated carbocycles. The van der Waals surface area contributed by atoms with Crippen molar-refractivity contribution in [3.63, 3.8) is 0 Å². The molecule has 0 aliphatic carbocycles. The Bertz CT molecular complexity index is 397. The van der Waals surface area contributed by atoms with Crippen molar-refractivity contribution >= 4 is 51.9 Å². The molecule has 0 aliphatic rings. The maximum atomic E-state index is 6.05. The highest BCUT2D eigenvalue weighted by Gasteiger charge is 2.02. The van der Waals surface area contributed by atoms with E-state index in [2.05, 4.69) is 4.99 Å². The summed E-state index contributed by atoms with van der Waals surface area (Å²) in [5.41, 5.74) is 5.67. The molecule has 0 spiro atoms. The first-order valence-electron chi connectivity index (χ1n) is 5.14. The van der Waals surface area contributed by atoms with Gasteiger partial charge in [0.15, 0.2) is 5.17 Å². The lowest BCUT2D eigenvalue weighted by atomic mass is 10.4. The van der Waals surface area contributed by atoms with Gasteiger partial charge in [-0.2, -0.15) is 0 Å². The van der Waals surface area contributed by atoms with Crippen LogP contribution in [0.1, 0.15) is 6.92 Å². The average molecular weight is 309 g/mol. The molecule has 17 heavy (non-hydrogen) atoms. The SMILES string of the molecule is CCN=C(N)SCCSc1cc(Cl)ccc1Cl. The molecule has 1 aromatic carbocycles. The molecule has 94 valence electrons. The van der Waals surface area contributed by atoms with Crippen molar-refractivity contribution in [3.05, 3.63) is 28.2 Å². The Labute approximate surface area is 120 Å². The van der Waals surface area contributed by atoms with Gasteiger partial charge in [0, 0.05) is 28.0 Å². The molecule has 0 radical (unpaired) electrons. The van der Waals surface area contributed by atoms with Crippen LogP contribution in [-0.2, 0) is 0 Å². The zero-order chi connectivity index (χ0) is 12.7. The summed E-state index contributed by atoms with van der Waals surface area (Å²) >= 11 is 15.2. The van der Waals surface area contributed by atoms with Gasteiger partial charge in [-0.05, 0) is 25.1 Å². The van der Waals surface area contributed by atoms with Crippen LogP contribution in [0.25, 0.3) is 0 Å². The van der Waals surface area contributed by atoms with Gasteiger partial charge < -0.3 is 5.73 Å². The third-order valence-electron chi connectivity index (χ3n) is 1.80. The first-order valence-corrected chi connectivity index (χ1v) is 7.86. The van der Waals surface area contributed by atoms with E-state index >= 15 is 0 Å². The largest absolute Gasteiger partial charge is 0.379 e. The van der Waals surface area contributed by atoms with Crippen molar-refractivity contribution in [1.82, 2.24) is 0 Å². The fourth-order valence-corrected chi connectivity index (χ4v) is 3.34. The standard InChI is InChI=1S/C11H14Cl2N2S2/c1-2-15-11(14)17-6-5-16-10-7-8(12)3-4-9(10)13/h3-4,7H,2,5-6H2,1H3,(H2,14,15). The number of hydrogen-bond donors (Lipinski definition) is 1. The van der Waals surface area contributed by atoms with E-state index in [9.17, 15) is 0 Å². The second kappa shape index (κ2) is 8.14. The van der Waals surface area contributed by atoms with Gasteiger partial charge in [-0.25, -0.2) is 0 Å². The topological polar surface area (TPSA) is 38.4 Å². The number of thioether (sulfide) groups is 2. The minimum atomic E-state index is 0.644. The predicted molar refractivity (Wildman–Crippen MR) is 81.8 cm³/mol. The van der Waals surface area contributed by atoms with E-state index in [-0.39, 0.29) is 0 Å². The fraction of sp³-hybridized carbons (Fsp3) is 0.364. The molecule has 0 fully saturated rings. The summed E-state index contributed by atoms with van der Waals surface area (Å²) in [4.78, 5) is 5.11. The number of nitrogens with zero attached hydrogens (tertiary/aromatic N) is 1. The quantitative estimate of drug-likeness (QED) is 0.384. The molecule has 1 rings (SSSR count). The van der Waals surface area contributed by atoms with Crippen molar-refractivity contribution in [2.24, 2.45) is 10.7 Å². The molecule has 0 atom stereocenters. The second-order valence-corrected chi connectivity index (χ2v) is 6.18. The zero-order valence-corrected chi connectivity index (χ0v) is 12.6. The summed E-state index contributed by atoms with van der Waals surface area (Å²) in [5, 5.41) is 2.08. The first-order chi connectivity index (χ1) is 8.13. The van der Waals surface area contributed by atoms with Gasteiger partial charge in [-0.15, -0.1) is 11.8 Å². The molecule has 0 saturated heterocycles. The maximum Gasteiger partial charge on any atom is 0.153 e. The highest BCUT2D eigenvalue weighted by atomic mass is 35.5. The number of halogens is 2. The number of benzene rings is 1.